The molecule has 8 heteroatoms. The minimum Gasteiger partial charge on any atom is -0.495 e. The summed E-state index contributed by atoms with van der Waals surface area (Å²) in [5.41, 5.74) is 3.94. The van der Waals surface area contributed by atoms with Crippen LogP contribution in [0.25, 0.3) is 0 Å². The Morgan fingerprint density at radius 2 is 1.88 bits per heavy atom. The standard InChI is InChI=1S/C16H14Br2N2O4/c1-23-14-9(7-11(17)15(24-2)13(14)18)8-19-20-12-6-4-3-5-10(12)16(21)22/h3-8,20H,1-2H3,(H,21,22). The summed E-state index contributed by atoms with van der Waals surface area (Å²) in [6.45, 7) is 0. The molecule has 0 aliphatic heterocycles. The summed E-state index contributed by atoms with van der Waals surface area (Å²) < 4.78 is 12.0. The van der Waals surface area contributed by atoms with Crippen molar-refractivity contribution >= 4 is 49.7 Å². The summed E-state index contributed by atoms with van der Waals surface area (Å²) in [5, 5.41) is 13.3. The van der Waals surface area contributed by atoms with E-state index in [0.29, 0.717) is 27.2 Å². The molecule has 0 aromatic heterocycles. The number of nitrogens with one attached hydrogen (secondary N) is 1. The summed E-state index contributed by atoms with van der Waals surface area (Å²) in [6.07, 6.45) is 1.53. The third-order valence-corrected chi connectivity index (χ3v) is 4.42. The largest absolute Gasteiger partial charge is 0.495 e. The van der Waals surface area contributed by atoms with Crippen molar-refractivity contribution < 1.29 is 19.4 Å². The molecule has 6 nitrogen and oxygen atoms in total. The number of carboxylic acid groups (broad SMARTS) is 1. The number of rotatable bonds is 6. The molecule has 0 aliphatic rings. The number of hydrazone groups is 1. The minimum atomic E-state index is -1.03. The molecule has 0 unspecified atom stereocenters. The zero-order valence-corrected chi connectivity index (χ0v) is 16.0. The number of nitrogens with zero attached hydrogens (tertiary/aromatic N) is 1. The smallest absolute Gasteiger partial charge is 0.337 e. The van der Waals surface area contributed by atoms with E-state index in [-0.39, 0.29) is 5.56 Å². The Labute approximate surface area is 155 Å². The van der Waals surface area contributed by atoms with Crippen molar-refractivity contribution in [2.45, 2.75) is 0 Å². The van der Waals surface area contributed by atoms with Gasteiger partial charge in [-0.1, -0.05) is 12.1 Å². The highest BCUT2D eigenvalue weighted by atomic mass is 79.9. The van der Waals surface area contributed by atoms with Crippen LogP contribution in [0.15, 0.2) is 44.4 Å². The van der Waals surface area contributed by atoms with Crippen molar-refractivity contribution in [2.24, 2.45) is 5.10 Å². The van der Waals surface area contributed by atoms with Gasteiger partial charge in [0.15, 0.2) is 5.75 Å². The van der Waals surface area contributed by atoms with Gasteiger partial charge in [0, 0.05) is 5.56 Å². The molecular weight excluding hydrogens is 444 g/mol. The third kappa shape index (κ3) is 3.88. The molecule has 0 spiro atoms. The first-order valence-corrected chi connectivity index (χ1v) is 8.29. The molecule has 0 bridgehead atoms. The highest BCUT2D eigenvalue weighted by Gasteiger charge is 2.16. The minimum absolute atomic E-state index is 0.138. The van der Waals surface area contributed by atoms with E-state index in [4.69, 9.17) is 14.6 Å². The van der Waals surface area contributed by atoms with Crippen LogP contribution in [0.2, 0.25) is 0 Å². The molecule has 0 saturated heterocycles. The predicted octanol–water partition coefficient (Wildman–Crippen LogP) is 4.37. The summed E-state index contributed by atoms with van der Waals surface area (Å²) in [7, 11) is 3.10. The molecule has 24 heavy (non-hydrogen) atoms. The normalized spacial score (nSPS) is 10.7. The average Bonchev–Trinajstić information content (AvgIpc) is 2.55. The number of aromatic carboxylic acids is 1. The van der Waals surface area contributed by atoms with Gasteiger partial charge in [0.2, 0.25) is 0 Å². The fourth-order valence-electron chi connectivity index (χ4n) is 2.03. The summed E-state index contributed by atoms with van der Waals surface area (Å²) in [4.78, 5) is 11.2. The molecule has 0 atom stereocenters. The Morgan fingerprint density at radius 3 is 2.50 bits per heavy atom. The SMILES string of the molecule is COc1c(Br)cc(C=NNc2ccccc2C(=O)O)c(OC)c1Br. The van der Waals surface area contributed by atoms with Crippen molar-refractivity contribution in [1.82, 2.24) is 0 Å². The molecule has 0 aliphatic carbocycles. The van der Waals surface area contributed by atoms with Crippen LogP contribution >= 0.6 is 31.9 Å². The van der Waals surface area contributed by atoms with Crippen LogP contribution in [0.5, 0.6) is 11.5 Å². The number of carboxylic acids is 1. The lowest BCUT2D eigenvalue weighted by Crippen LogP contribution is -2.02. The second kappa shape index (κ2) is 8.16. The van der Waals surface area contributed by atoms with Gasteiger partial charge in [-0.2, -0.15) is 5.10 Å². The second-order valence-corrected chi connectivity index (χ2v) is 6.20. The van der Waals surface area contributed by atoms with Gasteiger partial charge in [-0.15, -0.1) is 0 Å². The maximum Gasteiger partial charge on any atom is 0.337 e. The molecule has 0 heterocycles. The lowest BCUT2D eigenvalue weighted by molar-refractivity contribution is 0.0698. The topological polar surface area (TPSA) is 80.2 Å². The number of para-hydroxylation sites is 1. The molecule has 2 rings (SSSR count). The summed E-state index contributed by atoms with van der Waals surface area (Å²) >= 11 is 6.85. The van der Waals surface area contributed by atoms with Gasteiger partial charge in [-0.25, -0.2) is 4.79 Å². The van der Waals surface area contributed by atoms with Crippen molar-refractivity contribution in [3.63, 3.8) is 0 Å². The first-order valence-electron chi connectivity index (χ1n) is 6.71. The first-order chi connectivity index (χ1) is 11.5. The van der Waals surface area contributed by atoms with Crippen LogP contribution in [0.3, 0.4) is 0 Å². The zero-order chi connectivity index (χ0) is 17.7. The van der Waals surface area contributed by atoms with Gasteiger partial charge in [0.05, 0.1) is 36.2 Å². The molecule has 0 fully saturated rings. The number of benzene rings is 2. The molecule has 0 amide bonds. The van der Waals surface area contributed by atoms with Crippen molar-refractivity contribution in [1.29, 1.82) is 0 Å². The average molecular weight is 458 g/mol. The quantitative estimate of drug-likeness (QED) is 0.497. The van der Waals surface area contributed by atoms with Gasteiger partial charge in [-0.05, 0) is 50.1 Å². The number of hydrogen-bond donors (Lipinski definition) is 2. The summed E-state index contributed by atoms with van der Waals surface area (Å²) in [6, 6.07) is 8.31. The number of hydrogen-bond acceptors (Lipinski definition) is 5. The predicted molar refractivity (Wildman–Crippen MR) is 99.6 cm³/mol. The van der Waals surface area contributed by atoms with Crippen LogP contribution < -0.4 is 14.9 Å². The fourth-order valence-corrected chi connectivity index (χ4v) is 3.67. The van der Waals surface area contributed by atoms with E-state index in [0.717, 1.165) is 4.47 Å². The van der Waals surface area contributed by atoms with Crippen LogP contribution in [0.4, 0.5) is 5.69 Å². The third-order valence-electron chi connectivity index (χ3n) is 3.11. The van der Waals surface area contributed by atoms with Gasteiger partial charge in [0.25, 0.3) is 0 Å². The van der Waals surface area contributed by atoms with Gasteiger partial charge < -0.3 is 14.6 Å². The van der Waals surface area contributed by atoms with Gasteiger partial charge in [0.1, 0.15) is 10.2 Å². The Balaban J connectivity index is 2.32. The van der Waals surface area contributed by atoms with E-state index in [9.17, 15) is 4.79 Å². The van der Waals surface area contributed by atoms with Crippen molar-refractivity contribution in [2.75, 3.05) is 19.6 Å². The lowest BCUT2D eigenvalue weighted by Gasteiger charge is -2.13. The molecule has 126 valence electrons. The number of halogens is 2. The highest BCUT2D eigenvalue weighted by Crippen LogP contribution is 2.42. The van der Waals surface area contributed by atoms with Crippen LogP contribution in [-0.4, -0.2) is 31.5 Å². The highest BCUT2D eigenvalue weighted by molar-refractivity contribution is 9.11. The van der Waals surface area contributed by atoms with Crippen LogP contribution in [-0.2, 0) is 0 Å². The van der Waals surface area contributed by atoms with E-state index in [1.165, 1.54) is 19.4 Å². The monoisotopic (exact) mass is 456 g/mol. The van der Waals surface area contributed by atoms with Crippen LogP contribution in [0, 0.1) is 0 Å². The second-order valence-electron chi connectivity index (χ2n) is 4.55. The first kappa shape index (κ1) is 18.3. The van der Waals surface area contributed by atoms with E-state index >= 15 is 0 Å². The Hall–Kier alpha value is -2.06. The summed E-state index contributed by atoms with van der Waals surface area (Å²) in [5.74, 6) is 0.126. The maximum absolute atomic E-state index is 11.2. The number of methoxy groups -OCH3 is 2. The van der Waals surface area contributed by atoms with Crippen molar-refractivity contribution in [3.8, 4) is 11.5 Å². The van der Waals surface area contributed by atoms with Crippen LogP contribution in [0.1, 0.15) is 15.9 Å². The van der Waals surface area contributed by atoms with Crippen molar-refractivity contribution in [3.05, 3.63) is 50.4 Å². The van der Waals surface area contributed by atoms with E-state index in [2.05, 4.69) is 42.4 Å². The zero-order valence-electron chi connectivity index (χ0n) is 12.8. The molecule has 2 aromatic rings. The molecule has 0 radical (unpaired) electrons. The number of carbonyl (C=O) groups is 1. The Kier molecular flexibility index (Phi) is 6.22. The van der Waals surface area contributed by atoms with E-state index in [1.54, 1.807) is 31.4 Å². The fraction of sp³-hybridized carbons (Fsp3) is 0.125. The Morgan fingerprint density at radius 1 is 1.21 bits per heavy atom. The lowest BCUT2D eigenvalue weighted by atomic mass is 10.2. The number of ether oxygens (including phenoxy) is 2. The maximum atomic E-state index is 11.2. The molecule has 0 saturated carbocycles. The number of anilines is 1. The van der Waals surface area contributed by atoms with Gasteiger partial charge in [-0.3, -0.25) is 5.43 Å². The molecule has 2 N–H and O–H groups in total. The van der Waals surface area contributed by atoms with E-state index in [1.807, 2.05) is 0 Å². The molecular formula is C16H14Br2N2O4. The van der Waals surface area contributed by atoms with E-state index < -0.39 is 5.97 Å². The van der Waals surface area contributed by atoms with Gasteiger partial charge >= 0.3 is 5.97 Å². The molecule has 2 aromatic carbocycles. The Bertz CT molecular complexity index is 794.